The SMILES string of the molecule is NCc1cc(Br)ccc1Oc1ccc(Cl)cn1. The van der Waals surface area contributed by atoms with E-state index in [1.165, 1.54) is 6.20 Å². The number of hydrogen-bond donors (Lipinski definition) is 1. The number of nitrogens with zero attached hydrogens (tertiary/aromatic N) is 1. The van der Waals surface area contributed by atoms with Crippen LogP contribution < -0.4 is 10.5 Å². The lowest BCUT2D eigenvalue weighted by Crippen LogP contribution is -1.99. The monoisotopic (exact) mass is 312 g/mol. The van der Waals surface area contributed by atoms with Gasteiger partial charge in [-0.2, -0.15) is 0 Å². The third kappa shape index (κ3) is 3.19. The molecule has 0 amide bonds. The molecule has 0 bridgehead atoms. The van der Waals surface area contributed by atoms with Gasteiger partial charge in [0.1, 0.15) is 5.75 Å². The van der Waals surface area contributed by atoms with Crippen molar-refractivity contribution in [1.82, 2.24) is 4.98 Å². The van der Waals surface area contributed by atoms with Crippen molar-refractivity contribution in [2.24, 2.45) is 5.73 Å². The zero-order chi connectivity index (χ0) is 12.3. The molecule has 2 N–H and O–H groups in total. The average Bonchev–Trinajstić information content (AvgIpc) is 2.34. The van der Waals surface area contributed by atoms with Gasteiger partial charge in [0.2, 0.25) is 5.88 Å². The largest absolute Gasteiger partial charge is 0.439 e. The number of rotatable bonds is 3. The van der Waals surface area contributed by atoms with Gasteiger partial charge in [-0.15, -0.1) is 0 Å². The van der Waals surface area contributed by atoms with Gasteiger partial charge in [0.15, 0.2) is 0 Å². The molecule has 3 nitrogen and oxygen atoms in total. The second-order valence-electron chi connectivity index (χ2n) is 3.37. The lowest BCUT2D eigenvalue weighted by Gasteiger charge is -2.09. The molecule has 0 saturated heterocycles. The third-order valence-electron chi connectivity index (χ3n) is 2.16. The smallest absolute Gasteiger partial charge is 0.219 e. The molecule has 0 aliphatic carbocycles. The van der Waals surface area contributed by atoms with E-state index < -0.39 is 0 Å². The summed E-state index contributed by atoms with van der Waals surface area (Å²) < 4.78 is 6.61. The molecule has 2 rings (SSSR count). The Kier molecular flexibility index (Phi) is 3.99. The standard InChI is InChI=1S/C12H10BrClN2O/c13-9-1-3-11(8(5-9)6-15)17-12-4-2-10(14)7-16-12/h1-5,7H,6,15H2. The van der Waals surface area contributed by atoms with Gasteiger partial charge in [-0.05, 0) is 24.3 Å². The van der Waals surface area contributed by atoms with Crippen molar-refractivity contribution in [3.63, 3.8) is 0 Å². The third-order valence-corrected chi connectivity index (χ3v) is 2.87. The molecule has 0 unspecified atom stereocenters. The highest BCUT2D eigenvalue weighted by molar-refractivity contribution is 9.10. The molecule has 1 aromatic carbocycles. The molecule has 0 saturated carbocycles. The van der Waals surface area contributed by atoms with Crippen LogP contribution in [0.1, 0.15) is 5.56 Å². The number of benzene rings is 1. The van der Waals surface area contributed by atoms with Crippen LogP contribution >= 0.6 is 27.5 Å². The minimum Gasteiger partial charge on any atom is -0.439 e. The number of nitrogens with two attached hydrogens (primary N) is 1. The summed E-state index contributed by atoms with van der Waals surface area (Å²) in [6.07, 6.45) is 1.54. The Hall–Kier alpha value is -1.10. The minimum atomic E-state index is 0.405. The van der Waals surface area contributed by atoms with E-state index in [1.807, 2.05) is 18.2 Å². The maximum absolute atomic E-state index is 5.75. The number of ether oxygens (including phenoxy) is 1. The predicted molar refractivity (Wildman–Crippen MR) is 71.4 cm³/mol. The van der Waals surface area contributed by atoms with Crippen molar-refractivity contribution in [2.75, 3.05) is 0 Å². The van der Waals surface area contributed by atoms with Gasteiger partial charge in [0.05, 0.1) is 5.02 Å². The predicted octanol–water partition coefficient (Wildman–Crippen LogP) is 3.75. The maximum Gasteiger partial charge on any atom is 0.219 e. The second kappa shape index (κ2) is 5.49. The molecule has 1 heterocycles. The summed E-state index contributed by atoms with van der Waals surface area (Å²) in [5, 5.41) is 0.576. The quantitative estimate of drug-likeness (QED) is 0.939. The molecule has 2 aromatic rings. The fourth-order valence-electron chi connectivity index (χ4n) is 1.34. The molecular weight excluding hydrogens is 304 g/mol. The average molecular weight is 314 g/mol. The molecule has 1 aromatic heterocycles. The van der Waals surface area contributed by atoms with Gasteiger partial charge in [-0.1, -0.05) is 27.5 Å². The molecule has 0 fully saturated rings. The van der Waals surface area contributed by atoms with Gasteiger partial charge in [0.25, 0.3) is 0 Å². The first-order valence-corrected chi connectivity index (χ1v) is 6.14. The van der Waals surface area contributed by atoms with Crippen molar-refractivity contribution in [1.29, 1.82) is 0 Å². The van der Waals surface area contributed by atoms with E-state index >= 15 is 0 Å². The lowest BCUT2D eigenvalue weighted by molar-refractivity contribution is 0.457. The van der Waals surface area contributed by atoms with Gasteiger partial charge in [-0.25, -0.2) is 4.98 Å². The topological polar surface area (TPSA) is 48.1 Å². The van der Waals surface area contributed by atoms with E-state index in [0.717, 1.165) is 10.0 Å². The Morgan fingerprint density at radius 3 is 2.76 bits per heavy atom. The number of hydrogen-bond acceptors (Lipinski definition) is 3. The summed E-state index contributed by atoms with van der Waals surface area (Å²) in [4.78, 5) is 4.06. The van der Waals surface area contributed by atoms with Crippen LogP contribution in [0.5, 0.6) is 11.6 Å². The number of pyridine rings is 1. The highest BCUT2D eigenvalue weighted by Gasteiger charge is 2.05. The van der Waals surface area contributed by atoms with Crippen LogP contribution in [0, 0.1) is 0 Å². The van der Waals surface area contributed by atoms with Crippen LogP contribution in [0.3, 0.4) is 0 Å². The van der Waals surface area contributed by atoms with Crippen LogP contribution in [-0.2, 0) is 6.54 Å². The Balaban J connectivity index is 2.26. The molecule has 17 heavy (non-hydrogen) atoms. The summed E-state index contributed by atoms with van der Waals surface area (Å²) in [7, 11) is 0. The maximum atomic E-state index is 5.75. The Labute approximate surface area is 113 Å². The lowest BCUT2D eigenvalue weighted by atomic mass is 10.2. The second-order valence-corrected chi connectivity index (χ2v) is 4.72. The highest BCUT2D eigenvalue weighted by atomic mass is 79.9. The summed E-state index contributed by atoms with van der Waals surface area (Å²) in [6.45, 7) is 0.405. The van der Waals surface area contributed by atoms with Gasteiger partial charge >= 0.3 is 0 Å². The summed E-state index contributed by atoms with van der Waals surface area (Å²) >= 11 is 9.14. The molecular formula is C12H10BrClN2O. The summed E-state index contributed by atoms with van der Waals surface area (Å²) in [6, 6.07) is 9.10. The number of aromatic nitrogens is 1. The fraction of sp³-hybridized carbons (Fsp3) is 0.0833. The van der Waals surface area contributed by atoms with E-state index in [4.69, 9.17) is 22.1 Å². The first-order chi connectivity index (χ1) is 8.19. The highest BCUT2D eigenvalue weighted by Crippen LogP contribution is 2.27. The van der Waals surface area contributed by atoms with Gasteiger partial charge < -0.3 is 10.5 Å². The van der Waals surface area contributed by atoms with E-state index in [0.29, 0.717) is 23.2 Å². The Morgan fingerprint density at radius 1 is 1.29 bits per heavy atom. The van der Waals surface area contributed by atoms with E-state index in [9.17, 15) is 0 Å². The van der Waals surface area contributed by atoms with Gasteiger partial charge in [-0.3, -0.25) is 0 Å². The Morgan fingerprint density at radius 2 is 2.12 bits per heavy atom. The van der Waals surface area contributed by atoms with E-state index in [2.05, 4.69) is 20.9 Å². The molecule has 0 aliphatic heterocycles. The van der Waals surface area contributed by atoms with E-state index in [-0.39, 0.29) is 0 Å². The van der Waals surface area contributed by atoms with Crippen LogP contribution in [0.2, 0.25) is 5.02 Å². The van der Waals surface area contributed by atoms with Crippen LogP contribution in [0.15, 0.2) is 41.0 Å². The number of halogens is 2. The fourth-order valence-corrected chi connectivity index (χ4v) is 1.86. The van der Waals surface area contributed by atoms with Gasteiger partial charge in [0, 0.05) is 28.8 Å². The van der Waals surface area contributed by atoms with Crippen molar-refractivity contribution in [3.8, 4) is 11.6 Å². The zero-order valence-electron chi connectivity index (χ0n) is 8.86. The van der Waals surface area contributed by atoms with Crippen LogP contribution in [0.4, 0.5) is 0 Å². The molecule has 88 valence electrons. The van der Waals surface area contributed by atoms with Crippen molar-refractivity contribution in [3.05, 3.63) is 51.6 Å². The van der Waals surface area contributed by atoms with Crippen molar-refractivity contribution in [2.45, 2.75) is 6.54 Å². The zero-order valence-corrected chi connectivity index (χ0v) is 11.2. The minimum absolute atomic E-state index is 0.405. The normalized spacial score (nSPS) is 10.3. The van der Waals surface area contributed by atoms with Crippen LogP contribution in [0.25, 0.3) is 0 Å². The van der Waals surface area contributed by atoms with Crippen molar-refractivity contribution < 1.29 is 4.74 Å². The summed E-state index contributed by atoms with van der Waals surface area (Å²) in [5.74, 6) is 1.19. The first-order valence-electron chi connectivity index (χ1n) is 4.97. The molecule has 5 heteroatoms. The molecule has 0 spiro atoms. The molecule has 0 radical (unpaired) electrons. The summed E-state index contributed by atoms with van der Waals surface area (Å²) in [5.41, 5.74) is 6.57. The van der Waals surface area contributed by atoms with Crippen molar-refractivity contribution >= 4 is 27.5 Å². The molecule has 0 aliphatic rings. The molecule has 0 atom stereocenters. The van der Waals surface area contributed by atoms with Crippen LogP contribution in [-0.4, -0.2) is 4.98 Å². The first kappa shape index (κ1) is 12.4. The van der Waals surface area contributed by atoms with E-state index in [1.54, 1.807) is 12.1 Å². The Bertz CT molecular complexity index is 516.